The lowest BCUT2D eigenvalue weighted by atomic mass is 9.59. The number of imide groups is 1. The number of phenols is 1. The number of hydrogen-bond donors (Lipinski definition) is 2. The van der Waals surface area contributed by atoms with Crippen LogP contribution in [-0.4, -0.2) is 51.0 Å². The third-order valence-electron chi connectivity index (χ3n) is 8.05. The minimum atomic E-state index is -1.09. The monoisotopic (exact) mass is 489 g/mol. The van der Waals surface area contributed by atoms with Gasteiger partial charge in [-0.3, -0.25) is 28.9 Å². The van der Waals surface area contributed by atoms with Crippen LogP contribution >= 0.6 is 0 Å². The number of Topliss-reactive ketones (excluding diaryl/α,β-unsaturated/α-hetero) is 1. The average molecular weight is 490 g/mol. The summed E-state index contributed by atoms with van der Waals surface area (Å²) in [5.41, 5.74) is 3.98. The number of benzene rings is 1. The van der Waals surface area contributed by atoms with Crippen molar-refractivity contribution >= 4 is 29.4 Å². The van der Waals surface area contributed by atoms with E-state index in [9.17, 15) is 29.1 Å². The molecule has 1 aromatic carbocycles. The average Bonchev–Trinajstić information content (AvgIpc) is 3.07. The number of allylic oxidation sites excluding steroid dienone is 6. The number of likely N-dealkylation sites (tertiary alicyclic amines) is 1. The van der Waals surface area contributed by atoms with Crippen LogP contribution in [0.5, 0.6) is 5.75 Å². The first kappa shape index (κ1) is 23.9. The Kier molecular flexibility index (Phi) is 5.58. The summed E-state index contributed by atoms with van der Waals surface area (Å²) < 4.78 is 0. The van der Waals surface area contributed by atoms with Crippen molar-refractivity contribution in [1.29, 1.82) is 0 Å². The maximum absolute atomic E-state index is 13.4. The minimum absolute atomic E-state index is 0.158. The van der Waals surface area contributed by atoms with E-state index in [-0.39, 0.29) is 42.6 Å². The summed E-state index contributed by atoms with van der Waals surface area (Å²) in [4.78, 5) is 65.2. The van der Waals surface area contributed by atoms with Crippen molar-refractivity contribution in [3.63, 3.8) is 0 Å². The lowest BCUT2D eigenvalue weighted by Crippen LogP contribution is -2.40. The van der Waals surface area contributed by atoms with Crippen molar-refractivity contribution in [2.45, 2.75) is 46.0 Å². The van der Waals surface area contributed by atoms with Crippen molar-refractivity contribution in [2.24, 2.45) is 17.8 Å². The molecule has 1 aromatic rings. The van der Waals surface area contributed by atoms with Gasteiger partial charge in [-0.25, -0.2) is 0 Å². The van der Waals surface area contributed by atoms with Crippen molar-refractivity contribution in [2.75, 3.05) is 6.54 Å². The molecule has 1 fully saturated rings. The van der Waals surface area contributed by atoms with Crippen molar-refractivity contribution in [3.8, 4) is 5.75 Å². The Balaban J connectivity index is 1.65. The second-order valence-electron chi connectivity index (χ2n) is 10.2. The number of amides is 2. The molecule has 2 amide bonds. The smallest absolute Gasteiger partial charge is 0.305 e. The van der Waals surface area contributed by atoms with E-state index in [0.717, 1.165) is 16.0 Å². The summed E-state index contributed by atoms with van der Waals surface area (Å²) in [5.74, 6) is -4.56. The predicted octanol–water partition coefficient (Wildman–Crippen LogP) is 2.91. The van der Waals surface area contributed by atoms with Gasteiger partial charge in [-0.05, 0) is 62.3 Å². The van der Waals surface area contributed by atoms with Gasteiger partial charge in [-0.15, -0.1) is 0 Å². The highest BCUT2D eigenvalue weighted by molar-refractivity contribution is 6.23. The molecular weight excluding hydrogens is 462 g/mol. The number of ketones is 2. The normalized spacial score (nSPS) is 27.5. The van der Waals surface area contributed by atoms with Crippen LogP contribution in [-0.2, 0) is 24.0 Å². The van der Waals surface area contributed by atoms with E-state index in [2.05, 4.69) is 0 Å². The molecule has 0 spiro atoms. The molecule has 4 aliphatic rings. The van der Waals surface area contributed by atoms with E-state index < -0.39 is 35.5 Å². The number of hydrogen-bond acceptors (Lipinski definition) is 6. The number of carboxylic acids is 1. The first-order valence-electron chi connectivity index (χ1n) is 12.1. The molecule has 5 rings (SSSR count). The van der Waals surface area contributed by atoms with Gasteiger partial charge in [-0.1, -0.05) is 23.8 Å². The molecule has 2 N–H and O–H groups in total. The Labute approximate surface area is 208 Å². The highest BCUT2D eigenvalue weighted by atomic mass is 16.4. The number of aryl methyl sites for hydroxylation is 2. The van der Waals surface area contributed by atoms with Gasteiger partial charge in [0.1, 0.15) is 5.75 Å². The van der Waals surface area contributed by atoms with Gasteiger partial charge >= 0.3 is 5.97 Å². The molecule has 8 nitrogen and oxygen atoms in total. The van der Waals surface area contributed by atoms with Gasteiger partial charge in [0.2, 0.25) is 11.8 Å². The molecule has 3 aliphatic carbocycles. The molecule has 0 unspecified atom stereocenters. The maximum atomic E-state index is 13.4. The van der Waals surface area contributed by atoms with E-state index in [1.807, 2.05) is 6.08 Å². The summed E-state index contributed by atoms with van der Waals surface area (Å²) in [6.45, 7) is 4.97. The molecule has 4 atom stereocenters. The third kappa shape index (κ3) is 3.46. The van der Waals surface area contributed by atoms with E-state index in [1.165, 1.54) is 6.08 Å². The van der Waals surface area contributed by atoms with Gasteiger partial charge in [0.25, 0.3) is 0 Å². The van der Waals surface area contributed by atoms with Crippen LogP contribution in [0.4, 0.5) is 0 Å². The molecule has 0 radical (unpaired) electrons. The number of rotatable bonds is 4. The third-order valence-corrected chi connectivity index (χ3v) is 8.05. The number of carboxylic acid groups (broad SMARTS) is 1. The Morgan fingerprint density at radius 2 is 1.69 bits per heavy atom. The zero-order valence-electron chi connectivity index (χ0n) is 20.3. The topological polar surface area (TPSA) is 129 Å². The van der Waals surface area contributed by atoms with Crippen LogP contribution in [0.25, 0.3) is 0 Å². The second-order valence-corrected chi connectivity index (χ2v) is 10.2. The fraction of sp³-hybridized carbons (Fsp3) is 0.393. The summed E-state index contributed by atoms with van der Waals surface area (Å²) in [6.07, 6.45) is 3.41. The van der Waals surface area contributed by atoms with Crippen LogP contribution < -0.4 is 0 Å². The van der Waals surface area contributed by atoms with Crippen LogP contribution in [0.2, 0.25) is 0 Å². The Morgan fingerprint density at radius 3 is 2.33 bits per heavy atom. The van der Waals surface area contributed by atoms with Gasteiger partial charge < -0.3 is 10.2 Å². The van der Waals surface area contributed by atoms with Crippen LogP contribution in [0, 0.1) is 31.6 Å². The minimum Gasteiger partial charge on any atom is -0.507 e. The van der Waals surface area contributed by atoms with Gasteiger partial charge in [0, 0.05) is 29.2 Å². The Morgan fingerprint density at radius 1 is 1.03 bits per heavy atom. The van der Waals surface area contributed by atoms with Crippen LogP contribution in [0.3, 0.4) is 0 Å². The van der Waals surface area contributed by atoms with E-state index in [4.69, 9.17) is 5.11 Å². The summed E-state index contributed by atoms with van der Waals surface area (Å²) in [5, 5.41) is 19.4. The number of aromatic hydroxyl groups is 1. The van der Waals surface area contributed by atoms with Crippen molar-refractivity contribution < 1.29 is 34.2 Å². The molecule has 1 heterocycles. The molecule has 36 heavy (non-hydrogen) atoms. The SMILES string of the molecule is CC1=CC(=O)C2=C(C1=O)[C@@H](c1cc(C)c(O)c(C)c1)C1=CC[C@@H]3C(=O)N(CCC(=O)O)C(=O)[C@@H]3[C@@H]1C2. The Bertz CT molecular complexity index is 1340. The molecule has 186 valence electrons. The summed E-state index contributed by atoms with van der Waals surface area (Å²) >= 11 is 0. The molecule has 0 bridgehead atoms. The van der Waals surface area contributed by atoms with E-state index >= 15 is 0 Å². The second kappa shape index (κ2) is 8.40. The zero-order valence-corrected chi connectivity index (χ0v) is 20.3. The van der Waals surface area contributed by atoms with Crippen LogP contribution in [0.1, 0.15) is 48.8 Å². The van der Waals surface area contributed by atoms with E-state index in [0.29, 0.717) is 34.3 Å². The maximum Gasteiger partial charge on any atom is 0.305 e. The summed E-state index contributed by atoms with van der Waals surface area (Å²) in [7, 11) is 0. The van der Waals surface area contributed by atoms with Gasteiger partial charge in [0.05, 0.1) is 18.3 Å². The van der Waals surface area contributed by atoms with Crippen molar-refractivity contribution in [3.05, 3.63) is 63.3 Å². The van der Waals surface area contributed by atoms with Gasteiger partial charge in [-0.2, -0.15) is 0 Å². The fourth-order valence-electron chi connectivity index (χ4n) is 6.39. The highest BCUT2D eigenvalue weighted by Gasteiger charge is 2.56. The lowest BCUT2D eigenvalue weighted by molar-refractivity contribution is -0.142. The first-order valence-corrected chi connectivity index (χ1v) is 12.1. The first-order chi connectivity index (χ1) is 17.0. The molecular formula is C28H27NO7. The molecule has 1 saturated heterocycles. The zero-order chi connectivity index (χ0) is 26.0. The number of carbonyl (C=O) groups is 5. The highest BCUT2D eigenvalue weighted by Crippen LogP contribution is 2.55. The largest absolute Gasteiger partial charge is 0.507 e. The standard InChI is InChI=1S/C28H27NO7/c1-12-8-15(9-13(2)25(12)33)22-16-4-5-17-23(28(36)29(27(17)35)7-6-21(31)32)18(16)11-19-20(30)10-14(3)26(34)24(19)22/h4,8-10,17-18,22-23,33H,5-7,11H2,1-3H3,(H,31,32)/t17-,18+,22-,23-/m0/s1. The number of phenolic OH excluding ortho intramolecular Hbond substituents is 1. The number of carbonyl (C=O) groups excluding carboxylic acids is 4. The molecule has 8 heteroatoms. The molecule has 1 aliphatic heterocycles. The van der Waals surface area contributed by atoms with Gasteiger partial charge in [0.15, 0.2) is 11.6 Å². The summed E-state index contributed by atoms with van der Waals surface area (Å²) in [6, 6.07) is 3.61. The molecule has 0 saturated carbocycles. The molecule has 0 aromatic heterocycles. The van der Waals surface area contributed by atoms with E-state index in [1.54, 1.807) is 32.9 Å². The quantitative estimate of drug-likeness (QED) is 0.378. The predicted molar refractivity (Wildman–Crippen MR) is 128 cm³/mol. The Hall–Kier alpha value is -3.81. The number of nitrogens with zero attached hydrogens (tertiary/aromatic N) is 1. The fourth-order valence-corrected chi connectivity index (χ4v) is 6.39. The van der Waals surface area contributed by atoms with Crippen molar-refractivity contribution in [1.82, 2.24) is 4.90 Å². The van der Waals surface area contributed by atoms with Crippen LogP contribution in [0.15, 0.2) is 46.6 Å². The number of fused-ring (bicyclic) bond motifs is 3. The number of aliphatic carboxylic acids is 1. The lowest BCUT2D eigenvalue weighted by Gasteiger charge is -2.42.